The normalized spacial score (nSPS) is 10.9. The van der Waals surface area contributed by atoms with E-state index in [2.05, 4.69) is 48.1 Å². The summed E-state index contributed by atoms with van der Waals surface area (Å²) in [6.07, 6.45) is 4.66. The number of aryl methyl sites for hydroxylation is 2. The number of ether oxygens (including phenoxy) is 1. The molecule has 1 aromatic carbocycles. The second-order valence-corrected chi connectivity index (χ2v) is 6.32. The summed E-state index contributed by atoms with van der Waals surface area (Å²) in [7, 11) is 2.04. The number of aliphatic imine (C=N–C) groups is 1. The Kier molecular flexibility index (Phi) is 10.8. The van der Waals surface area contributed by atoms with Crippen LogP contribution in [0.25, 0.3) is 0 Å². The molecule has 0 saturated carbocycles. The lowest BCUT2D eigenvalue weighted by Crippen LogP contribution is -2.41. The Bertz CT molecular complexity index is 721. The first-order valence-corrected chi connectivity index (χ1v) is 9.19. The molecule has 2 aromatic rings. The van der Waals surface area contributed by atoms with Crippen molar-refractivity contribution in [3.63, 3.8) is 0 Å². The molecule has 2 rings (SSSR count). The highest BCUT2D eigenvalue weighted by atomic mass is 127. The Morgan fingerprint density at radius 3 is 2.67 bits per heavy atom. The molecule has 0 radical (unpaired) electrons. The molecule has 1 heterocycles. The Labute approximate surface area is 180 Å². The van der Waals surface area contributed by atoms with Crippen LogP contribution in [0.3, 0.4) is 0 Å². The molecule has 0 aliphatic carbocycles. The maximum absolute atomic E-state index is 5.89. The van der Waals surface area contributed by atoms with Gasteiger partial charge in [0.25, 0.3) is 0 Å². The molecule has 5 nitrogen and oxygen atoms in total. The minimum absolute atomic E-state index is 0. The molecule has 0 atom stereocenters. The summed E-state index contributed by atoms with van der Waals surface area (Å²) in [5.74, 6) is 1.85. The molecule has 1 aromatic heterocycles. The Hall–Kier alpha value is -1.83. The number of likely N-dealkylation sites (N-methyl/N-ethyl adjacent to an activating group) is 1. The number of halogens is 1. The van der Waals surface area contributed by atoms with Crippen LogP contribution in [-0.4, -0.2) is 49.1 Å². The highest BCUT2D eigenvalue weighted by molar-refractivity contribution is 14.0. The van der Waals surface area contributed by atoms with Crippen LogP contribution < -0.4 is 10.1 Å². The van der Waals surface area contributed by atoms with Gasteiger partial charge < -0.3 is 15.0 Å². The van der Waals surface area contributed by atoms with Crippen molar-refractivity contribution >= 4 is 29.9 Å². The fourth-order valence-corrected chi connectivity index (χ4v) is 2.65. The van der Waals surface area contributed by atoms with Crippen LogP contribution in [0, 0.1) is 13.8 Å². The van der Waals surface area contributed by atoms with Gasteiger partial charge in [-0.2, -0.15) is 0 Å². The first kappa shape index (κ1) is 23.2. The second kappa shape index (κ2) is 12.5. The smallest absolute Gasteiger partial charge is 0.193 e. The third kappa shape index (κ3) is 7.74. The van der Waals surface area contributed by atoms with Gasteiger partial charge in [0.15, 0.2) is 5.96 Å². The van der Waals surface area contributed by atoms with Gasteiger partial charge in [-0.3, -0.25) is 9.98 Å². The number of hydrogen-bond acceptors (Lipinski definition) is 3. The third-order valence-corrected chi connectivity index (χ3v) is 4.25. The Morgan fingerprint density at radius 1 is 1.19 bits per heavy atom. The van der Waals surface area contributed by atoms with Gasteiger partial charge in [-0.05, 0) is 56.0 Å². The van der Waals surface area contributed by atoms with Gasteiger partial charge in [0.05, 0.1) is 6.54 Å². The predicted octanol–water partition coefficient (Wildman–Crippen LogP) is 3.84. The van der Waals surface area contributed by atoms with E-state index in [1.54, 1.807) is 0 Å². The van der Waals surface area contributed by atoms with Crippen molar-refractivity contribution in [3.05, 3.63) is 59.4 Å². The quantitative estimate of drug-likeness (QED) is 0.353. The van der Waals surface area contributed by atoms with E-state index in [1.807, 2.05) is 37.6 Å². The largest absolute Gasteiger partial charge is 0.491 e. The van der Waals surface area contributed by atoms with E-state index in [0.717, 1.165) is 43.3 Å². The molecule has 1 N–H and O–H groups in total. The number of rotatable bonds is 8. The van der Waals surface area contributed by atoms with Crippen molar-refractivity contribution in [1.82, 2.24) is 15.2 Å². The second-order valence-electron chi connectivity index (χ2n) is 6.32. The predicted molar refractivity (Wildman–Crippen MR) is 123 cm³/mol. The van der Waals surface area contributed by atoms with Gasteiger partial charge in [0.1, 0.15) is 12.4 Å². The third-order valence-electron chi connectivity index (χ3n) is 4.25. The number of nitrogens with one attached hydrogen (secondary N) is 1. The molecule has 6 heteroatoms. The summed E-state index contributed by atoms with van der Waals surface area (Å²) in [5, 5.41) is 3.35. The summed E-state index contributed by atoms with van der Waals surface area (Å²) in [4.78, 5) is 11.0. The standard InChI is InChI=1S/C21H30N4O.HI/c1-5-23-21(24-13-11-19-10-12-22-16-18(19)3)25(4)14-15-26-20-9-7-6-8-17(20)2;/h6-10,12,16H,5,11,13-15H2,1-4H3,(H,23,24);1H. The van der Waals surface area contributed by atoms with Crippen LogP contribution >= 0.6 is 24.0 Å². The first-order chi connectivity index (χ1) is 12.6. The van der Waals surface area contributed by atoms with Crippen molar-refractivity contribution in [2.45, 2.75) is 27.2 Å². The van der Waals surface area contributed by atoms with Crippen molar-refractivity contribution in [1.29, 1.82) is 0 Å². The lowest BCUT2D eigenvalue weighted by atomic mass is 10.1. The molecule has 0 saturated heterocycles. The molecular weight excluding hydrogens is 451 g/mol. The fraction of sp³-hybridized carbons (Fsp3) is 0.429. The van der Waals surface area contributed by atoms with E-state index in [1.165, 1.54) is 11.1 Å². The average Bonchev–Trinajstić information content (AvgIpc) is 2.64. The van der Waals surface area contributed by atoms with E-state index < -0.39 is 0 Å². The molecule has 0 fully saturated rings. The fourth-order valence-electron chi connectivity index (χ4n) is 2.65. The lowest BCUT2D eigenvalue weighted by Gasteiger charge is -2.22. The average molecular weight is 482 g/mol. The van der Waals surface area contributed by atoms with Crippen molar-refractivity contribution in [2.75, 3.05) is 33.3 Å². The summed E-state index contributed by atoms with van der Waals surface area (Å²) < 4.78 is 5.89. The van der Waals surface area contributed by atoms with Crippen LogP contribution in [0.5, 0.6) is 5.75 Å². The zero-order valence-corrected chi connectivity index (χ0v) is 19.1. The van der Waals surface area contributed by atoms with Gasteiger partial charge >= 0.3 is 0 Å². The van der Waals surface area contributed by atoms with Crippen LogP contribution in [0.2, 0.25) is 0 Å². The van der Waals surface area contributed by atoms with Gasteiger partial charge in [-0.15, -0.1) is 24.0 Å². The topological polar surface area (TPSA) is 49.8 Å². The maximum Gasteiger partial charge on any atom is 0.193 e. The minimum Gasteiger partial charge on any atom is -0.491 e. The molecule has 0 aliphatic rings. The SMILES string of the molecule is CCNC(=NCCc1ccncc1C)N(C)CCOc1ccccc1C.I. The van der Waals surface area contributed by atoms with Gasteiger partial charge in [-0.25, -0.2) is 0 Å². The van der Waals surface area contributed by atoms with Crippen LogP contribution in [-0.2, 0) is 6.42 Å². The monoisotopic (exact) mass is 482 g/mol. The van der Waals surface area contributed by atoms with E-state index in [-0.39, 0.29) is 24.0 Å². The summed E-state index contributed by atoms with van der Waals surface area (Å²) in [6.45, 7) is 9.22. The highest BCUT2D eigenvalue weighted by Gasteiger charge is 2.06. The molecule has 0 unspecified atom stereocenters. The maximum atomic E-state index is 5.89. The molecule has 148 valence electrons. The first-order valence-electron chi connectivity index (χ1n) is 9.19. The van der Waals surface area contributed by atoms with Crippen molar-refractivity contribution in [3.8, 4) is 5.75 Å². The number of hydrogen-bond donors (Lipinski definition) is 1. The molecule has 0 amide bonds. The van der Waals surface area contributed by atoms with Crippen LogP contribution in [0.4, 0.5) is 0 Å². The Morgan fingerprint density at radius 2 is 1.96 bits per heavy atom. The molecule has 0 spiro atoms. The minimum atomic E-state index is 0. The summed E-state index contributed by atoms with van der Waals surface area (Å²) in [5.41, 5.74) is 3.67. The Balaban J connectivity index is 0.00000364. The summed E-state index contributed by atoms with van der Waals surface area (Å²) >= 11 is 0. The van der Waals surface area contributed by atoms with E-state index >= 15 is 0 Å². The van der Waals surface area contributed by atoms with Crippen LogP contribution in [0.15, 0.2) is 47.7 Å². The lowest BCUT2D eigenvalue weighted by molar-refractivity contribution is 0.280. The van der Waals surface area contributed by atoms with Crippen molar-refractivity contribution < 1.29 is 4.74 Å². The number of aromatic nitrogens is 1. The van der Waals surface area contributed by atoms with Gasteiger partial charge in [0.2, 0.25) is 0 Å². The van der Waals surface area contributed by atoms with E-state index in [4.69, 9.17) is 9.73 Å². The van der Waals surface area contributed by atoms with Crippen molar-refractivity contribution in [2.24, 2.45) is 4.99 Å². The van der Waals surface area contributed by atoms with Gasteiger partial charge in [0, 0.05) is 32.5 Å². The van der Waals surface area contributed by atoms with Gasteiger partial charge in [-0.1, -0.05) is 18.2 Å². The molecular formula is C21H31IN4O. The number of nitrogens with zero attached hydrogens (tertiary/aromatic N) is 3. The summed E-state index contributed by atoms with van der Waals surface area (Å²) in [6, 6.07) is 10.2. The van der Waals surface area contributed by atoms with E-state index in [0.29, 0.717) is 6.61 Å². The number of guanidine groups is 1. The zero-order valence-electron chi connectivity index (χ0n) is 16.7. The zero-order chi connectivity index (χ0) is 18.8. The number of benzene rings is 1. The molecule has 0 bridgehead atoms. The number of para-hydroxylation sites is 1. The van der Waals surface area contributed by atoms with E-state index in [9.17, 15) is 0 Å². The van der Waals surface area contributed by atoms with Crippen LogP contribution in [0.1, 0.15) is 23.6 Å². The highest BCUT2D eigenvalue weighted by Crippen LogP contribution is 2.15. The molecule has 0 aliphatic heterocycles. The number of pyridine rings is 1. The molecule has 27 heavy (non-hydrogen) atoms.